The lowest BCUT2D eigenvalue weighted by Crippen LogP contribution is -2.29. The van der Waals surface area contributed by atoms with E-state index >= 15 is 0 Å². The highest BCUT2D eigenvalue weighted by atomic mass is 79.9. The molecule has 2 N–H and O–H groups in total. The van der Waals surface area contributed by atoms with Crippen LogP contribution in [0.3, 0.4) is 0 Å². The van der Waals surface area contributed by atoms with E-state index in [1.165, 1.54) is 32.1 Å². The molecule has 0 aromatic carbocycles. The molecule has 3 nitrogen and oxygen atoms in total. The molecule has 0 radical (unpaired) electrons. The fraction of sp³-hybridized carbons (Fsp3) is 0.800. The molecular weight excluding hydrogens is 302 g/mol. The molecule has 1 saturated carbocycles. The highest BCUT2D eigenvalue weighted by Gasteiger charge is 2.33. The van der Waals surface area contributed by atoms with Crippen LogP contribution in [0.25, 0.3) is 0 Å². The van der Waals surface area contributed by atoms with E-state index in [1.807, 2.05) is 11.6 Å². The SMILES string of the molecule is CCC(C)(C)C1CCC(n2nc(C)c(Br)c2N)CC1. The fourth-order valence-corrected chi connectivity index (χ4v) is 3.48. The van der Waals surface area contributed by atoms with Crippen LogP contribution in [0, 0.1) is 18.3 Å². The molecule has 1 fully saturated rings. The lowest BCUT2D eigenvalue weighted by Gasteiger charge is -2.39. The summed E-state index contributed by atoms with van der Waals surface area (Å²) >= 11 is 3.51. The quantitative estimate of drug-likeness (QED) is 0.874. The summed E-state index contributed by atoms with van der Waals surface area (Å²) in [5, 5.41) is 4.59. The van der Waals surface area contributed by atoms with Gasteiger partial charge in [0.15, 0.2) is 0 Å². The van der Waals surface area contributed by atoms with E-state index in [0.717, 1.165) is 21.9 Å². The minimum absolute atomic E-state index is 0.469. The van der Waals surface area contributed by atoms with Crippen molar-refractivity contribution in [1.29, 1.82) is 0 Å². The molecule has 1 aromatic heterocycles. The molecule has 19 heavy (non-hydrogen) atoms. The van der Waals surface area contributed by atoms with Crippen molar-refractivity contribution in [3.63, 3.8) is 0 Å². The van der Waals surface area contributed by atoms with Crippen LogP contribution in [0.1, 0.15) is 64.6 Å². The Hall–Kier alpha value is -0.510. The zero-order chi connectivity index (χ0) is 14.2. The normalized spacial score (nSPS) is 24.7. The monoisotopic (exact) mass is 327 g/mol. The molecule has 4 heteroatoms. The number of hydrogen-bond acceptors (Lipinski definition) is 2. The number of nitrogens with zero attached hydrogens (tertiary/aromatic N) is 2. The molecule has 2 rings (SSSR count). The Morgan fingerprint density at radius 2 is 1.89 bits per heavy atom. The highest BCUT2D eigenvalue weighted by Crippen LogP contribution is 2.44. The molecule has 1 heterocycles. The first kappa shape index (κ1) is 14.9. The van der Waals surface area contributed by atoms with Crippen LogP contribution in [-0.2, 0) is 0 Å². The first-order chi connectivity index (χ1) is 8.86. The standard InChI is InChI=1S/C15H26BrN3/c1-5-15(3,4)11-6-8-12(9-7-11)19-14(17)13(16)10(2)18-19/h11-12H,5-9,17H2,1-4H3. The number of nitrogens with two attached hydrogens (primary N) is 1. The van der Waals surface area contributed by atoms with Crippen LogP contribution in [-0.4, -0.2) is 9.78 Å². The number of hydrogen-bond donors (Lipinski definition) is 1. The van der Waals surface area contributed by atoms with Crippen LogP contribution in [0.5, 0.6) is 0 Å². The molecule has 108 valence electrons. The van der Waals surface area contributed by atoms with E-state index in [4.69, 9.17) is 5.73 Å². The van der Waals surface area contributed by atoms with E-state index < -0.39 is 0 Å². The van der Waals surface area contributed by atoms with Gasteiger partial charge in [-0.1, -0.05) is 27.2 Å². The van der Waals surface area contributed by atoms with Crippen molar-refractivity contribution in [3.8, 4) is 0 Å². The fourth-order valence-electron chi connectivity index (χ4n) is 3.21. The van der Waals surface area contributed by atoms with Crippen molar-refractivity contribution in [3.05, 3.63) is 10.2 Å². The van der Waals surface area contributed by atoms with Crippen LogP contribution in [0.2, 0.25) is 0 Å². The molecule has 1 aliphatic rings. The Bertz CT molecular complexity index is 442. The average molecular weight is 328 g/mol. The topological polar surface area (TPSA) is 43.8 Å². The summed E-state index contributed by atoms with van der Waals surface area (Å²) in [6.07, 6.45) is 6.25. The van der Waals surface area contributed by atoms with Gasteiger partial charge < -0.3 is 5.73 Å². The predicted octanol–water partition coefficient (Wildman–Crippen LogP) is 4.70. The van der Waals surface area contributed by atoms with Crippen molar-refractivity contribution in [2.45, 2.75) is 65.8 Å². The first-order valence-corrected chi connectivity index (χ1v) is 8.16. The van der Waals surface area contributed by atoms with Gasteiger partial charge in [-0.15, -0.1) is 0 Å². The lowest BCUT2D eigenvalue weighted by atomic mass is 9.69. The van der Waals surface area contributed by atoms with Crippen molar-refractivity contribution in [2.24, 2.45) is 11.3 Å². The Morgan fingerprint density at radius 1 is 1.32 bits per heavy atom. The summed E-state index contributed by atoms with van der Waals surface area (Å²) in [5.74, 6) is 1.63. The third kappa shape index (κ3) is 2.83. The van der Waals surface area contributed by atoms with Gasteiger partial charge in [-0.25, -0.2) is 4.68 Å². The van der Waals surface area contributed by atoms with Gasteiger partial charge in [0.05, 0.1) is 16.2 Å². The summed E-state index contributed by atoms with van der Waals surface area (Å²) in [4.78, 5) is 0. The van der Waals surface area contributed by atoms with E-state index in [-0.39, 0.29) is 0 Å². The van der Waals surface area contributed by atoms with Crippen LogP contribution in [0.4, 0.5) is 5.82 Å². The summed E-state index contributed by atoms with van der Waals surface area (Å²) < 4.78 is 3.00. The largest absolute Gasteiger partial charge is 0.383 e. The second-order valence-corrected chi connectivity index (χ2v) is 7.37. The van der Waals surface area contributed by atoms with Gasteiger partial charge in [-0.2, -0.15) is 5.10 Å². The van der Waals surface area contributed by atoms with Gasteiger partial charge in [-0.3, -0.25) is 0 Å². The van der Waals surface area contributed by atoms with E-state index in [0.29, 0.717) is 11.5 Å². The molecule has 1 aromatic rings. The van der Waals surface area contributed by atoms with Gasteiger partial charge in [0.1, 0.15) is 5.82 Å². The van der Waals surface area contributed by atoms with Crippen LogP contribution >= 0.6 is 15.9 Å². The number of nitrogen functional groups attached to an aromatic ring is 1. The van der Waals surface area contributed by atoms with Crippen molar-refractivity contribution < 1.29 is 0 Å². The van der Waals surface area contributed by atoms with E-state index in [9.17, 15) is 0 Å². The maximum absolute atomic E-state index is 6.13. The summed E-state index contributed by atoms with van der Waals surface area (Å²) in [5.41, 5.74) is 7.60. The highest BCUT2D eigenvalue weighted by molar-refractivity contribution is 9.10. The smallest absolute Gasteiger partial charge is 0.136 e. The minimum Gasteiger partial charge on any atom is -0.383 e. The molecule has 0 atom stereocenters. The van der Waals surface area contributed by atoms with Gasteiger partial charge in [0.25, 0.3) is 0 Å². The Morgan fingerprint density at radius 3 is 2.32 bits per heavy atom. The van der Waals surface area contributed by atoms with Crippen molar-refractivity contribution in [1.82, 2.24) is 9.78 Å². The zero-order valence-electron chi connectivity index (χ0n) is 12.5. The molecule has 0 amide bonds. The number of halogens is 1. The molecule has 0 spiro atoms. The van der Waals surface area contributed by atoms with Gasteiger partial charge in [-0.05, 0) is 59.9 Å². The molecule has 0 bridgehead atoms. The number of aromatic nitrogens is 2. The molecule has 0 saturated heterocycles. The average Bonchev–Trinajstić information content (AvgIpc) is 2.67. The third-order valence-corrected chi connectivity index (χ3v) is 6.09. The van der Waals surface area contributed by atoms with E-state index in [1.54, 1.807) is 0 Å². The molecule has 1 aliphatic carbocycles. The van der Waals surface area contributed by atoms with Crippen LogP contribution < -0.4 is 5.73 Å². The maximum atomic E-state index is 6.13. The number of aryl methyl sites for hydroxylation is 1. The van der Waals surface area contributed by atoms with Gasteiger partial charge >= 0.3 is 0 Å². The summed E-state index contributed by atoms with van der Waals surface area (Å²) in [7, 11) is 0. The lowest BCUT2D eigenvalue weighted by molar-refractivity contribution is 0.127. The summed E-state index contributed by atoms with van der Waals surface area (Å²) in [6, 6.07) is 0.480. The molecular formula is C15H26BrN3. The van der Waals surface area contributed by atoms with E-state index in [2.05, 4.69) is 41.8 Å². The zero-order valence-corrected chi connectivity index (χ0v) is 14.1. The minimum atomic E-state index is 0.469. The Labute approximate surface area is 125 Å². The third-order valence-electron chi connectivity index (χ3n) is 5.11. The van der Waals surface area contributed by atoms with Crippen LogP contribution in [0.15, 0.2) is 4.47 Å². The number of anilines is 1. The Balaban J connectivity index is 2.06. The first-order valence-electron chi connectivity index (χ1n) is 7.37. The number of rotatable bonds is 3. The molecule has 0 unspecified atom stereocenters. The van der Waals surface area contributed by atoms with Gasteiger partial charge in [0, 0.05) is 0 Å². The van der Waals surface area contributed by atoms with Gasteiger partial charge in [0.2, 0.25) is 0 Å². The molecule has 0 aliphatic heterocycles. The Kier molecular flexibility index (Phi) is 4.29. The second-order valence-electron chi connectivity index (χ2n) is 6.58. The van der Waals surface area contributed by atoms with Crippen molar-refractivity contribution in [2.75, 3.05) is 5.73 Å². The van der Waals surface area contributed by atoms with Crippen molar-refractivity contribution >= 4 is 21.7 Å². The predicted molar refractivity (Wildman–Crippen MR) is 84.1 cm³/mol. The maximum Gasteiger partial charge on any atom is 0.136 e. The second kappa shape index (κ2) is 5.47. The summed E-state index contributed by atoms with van der Waals surface area (Å²) in [6.45, 7) is 9.11.